The maximum Gasteiger partial charge on any atom is 0.323 e. The number of H-pyrrole nitrogens is 1. The second kappa shape index (κ2) is 12.8. The molecular weight excluding hydrogens is 286 g/mol. The van der Waals surface area contributed by atoms with E-state index in [1.807, 2.05) is 0 Å². The Morgan fingerprint density at radius 1 is 1.36 bits per heavy atom. The average molecular weight is 313 g/mol. The van der Waals surface area contributed by atoms with Crippen molar-refractivity contribution in [1.29, 1.82) is 0 Å². The number of aromatic amines is 1. The molecule has 7 heteroatoms. The third-order valence-electron chi connectivity index (χ3n) is 2.99. The molecule has 7 nitrogen and oxygen atoms in total. The van der Waals surface area contributed by atoms with E-state index in [1.165, 1.54) is 26.4 Å². The number of carboxylic acid groups (broad SMARTS) is 1. The van der Waals surface area contributed by atoms with E-state index in [9.17, 15) is 9.59 Å². The lowest BCUT2D eigenvalue weighted by molar-refractivity contribution is -0.142. The number of hydrogen-bond donors (Lipinski definition) is 3. The van der Waals surface area contributed by atoms with E-state index in [-0.39, 0.29) is 0 Å². The van der Waals surface area contributed by atoms with Gasteiger partial charge < -0.3 is 20.6 Å². The van der Waals surface area contributed by atoms with Crippen molar-refractivity contribution in [3.8, 4) is 0 Å². The largest absolute Gasteiger partial charge is 0.481 e. The Morgan fingerprint density at radius 3 is 2.55 bits per heavy atom. The number of hydrogen-bond acceptors (Lipinski definition) is 5. The molecule has 0 spiro atoms. The van der Waals surface area contributed by atoms with E-state index in [0.717, 1.165) is 18.5 Å². The second-order valence-electron chi connectivity index (χ2n) is 4.97. The van der Waals surface area contributed by atoms with E-state index < -0.39 is 18.0 Å². The number of nitrogens with one attached hydrogen (secondary N) is 1. The number of imidazole rings is 1. The summed E-state index contributed by atoms with van der Waals surface area (Å²) in [6.45, 7) is 2.15. The molecule has 0 saturated heterocycles. The fraction of sp³-hybridized carbons (Fsp3) is 0.667. The molecule has 1 heterocycles. The summed E-state index contributed by atoms with van der Waals surface area (Å²) in [6, 6.07) is -0.615. The van der Waals surface area contributed by atoms with Crippen molar-refractivity contribution < 1.29 is 19.4 Å². The van der Waals surface area contributed by atoms with Gasteiger partial charge in [-0.25, -0.2) is 4.98 Å². The highest BCUT2D eigenvalue weighted by atomic mass is 16.5. The van der Waals surface area contributed by atoms with E-state index in [2.05, 4.69) is 21.6 Å². The molecule has 0 amide bonds. The quantitative estimate of drug-likeness (QED) is 0.473. The molecule has 1 atom stereocenters. The standard InChI is InChI=1S/C8H16O2.C7H11N3O2/c1-2-3-4-5-6-7-8(9)10;1-12-7(11)6(8)2-5-3-9-4-10-5/h2-7H2,1H3,(H,9,10);3-4,6H,2,8H2,1H3,(H,9,10). The fourth-order valence-corrected chi connectivity index (χ4v) is 1.75. The topological polar surface area (TPSA) is 118 Å². The van der Waals surface area contributed by atoms with Gasteiger partial charge >= 0.3 is 11.9 Å². The molecule has 1 aromatic rings. The number of carbonyl (C=O) groups excluding carboxylic acids is 1. The lowest BCUT2D eigenvalue weighted by Gasteiger charge is -2.06. The summed E-state index contributed by atoms with van der Waals surface area (Å²) in [7, 11) is 1.31. The predicted octanol–water partition coefficient (Wildman–Crippen LogP) is 1.88. The summed E-state index contributed by atoms with van der Waals surface area (Å²) in [5, 5.41) is 8.27. The van der Waals surface area contributed by atoms with E-state index >= 15 is 0 Å². The predicted molar refractivity (Wildman–Crippen MR) is 83.3 cm³/mol. The number of methoxy groups -OCH3 is 1. The Balaban J connectivity index is 0.000000409. The number of nitrogens with two attached hydrogens (primary N) is 1. The van der Waals surface area contributed by atoms with Crippen LogP contribution in [0.25, 0.3) is 0 Å². The number of carbonyl (C=O) groups is 2. The molecule has 0 fully saturated rings. The Kier molecular flexibility index (Phi) is 11.7. The molecule has 0 aliphatic carbocycles. The highest BCUT2D eigenvalue weighted by molar-refractivity contribution is 5.75. The maximum atomic E-state index is 10.9. The monoisotopic (exact) mass is 313 g/mol. The highest BCUT2D eigenvalue weighted by Crippen LogP contribution is 2.04. The second-order valence-corrected chi connectivity index (χ2v) is 4.97. The minimum atomic E-state index is -0.670. The molecule has 0 bridgehead atoms. The van der Waals surface area contributed by atoms with Gasteiger partial charge in [-0.3, -0.25) is 9.59 Å². The number of ether oxygens (including phenoxy) is 1. The van der Waals surface area contributed by atoms with Gasteiger partial charge in [0.05, 0.1) is 13.4 Å². The number of rotatable bonds is 9. The van der Waals surface area contributed by atoms with Gasteiger partial charge in [-0.15, -0.1) is 0 Å². The van der Waals surface area contributed by atoms with Crippen LogP contribution in [0.15, 0.2) is 12.5 Å². The van der Waals surface area contributed by atoms with Gasteiger partial charge in [0.25, 0.3) is 0 Å². The Hall–Kier alpha value is -1.89. The Morgan fingerprint density at radius 2 is 2.05 bits per heavy atom. The first-order valence-electron chi connectivity index (χ1n) is 7.53. The van der Waals surface area contributed by atoms with Gasteiger partial charge in [-0.05, 0) is 6.42 Å². The smallest absolute Gasteiger partial charge is 0.323 e. The summed E-state index contributed by atoms with van der Waals surface area (Å²) in [5.41, 5.74) is 6.32. The van der Waals surface area contributed by atoms with E-state index in [4.69, 9.17) is 10.8 Å². The lowest BCUT2D eigenvalue weighted by atomic mass is 10.1. The number of aromatic nitrogens is 2. The van der Waals surface area contributed by atoms with E-state index in [0.29, 0.717) is 12.8 Å². The van der Waals surface area contributed by atoms with Crippen molar-refractivity contribution in [1.82, 2.24) is 9.97 Å². The number of esters is 1. The number of carboxylic acids is 1. The third kappa shape index (κ3) is 10.8. The zero-order valence-corrected chi connectivity index (χ0v) is 13.4. The summed E-state index contributed by atoms with van der Waals surface area (Å²) in [6.07, 6.45) is 9.48. The molecule has 1 aromatic heterocycles. The Bertz CT molecular complexity index is 407. The maximum absolute atomic E-state index is 10.9. The van der Waals surface area contributed by atoms with Crippen LogP contribution < -0.4 is 5.73 Å². The minimum Gasteiger partial charge on any atom is -0.481 e. The van der Waals surface area contributed by atoms with Gasteiger partial charge in [0, 0.05) is 24.7 Å². The van der Waals surface area contributed by atoms with Gasteiger partial charge in [0.2, 0.25) is 0 Å². The van der Waals surface area contributed by atoms with Crippen LogP contribution in [0.3, 0.4) is 0 Å². The summed E-state index contributed by atoms with van der Waals surface area (Å²) in [4.78, 5) is 27.5. The van der Waals surface area contributed by atoms with Crippen LogP contribution in [-0.2, 0) is 20.7 Å². The average Bonchev–Trinajstić information content (AvgIpc) is 2.99. The van der Waals surface area contributed by atoms with Crippen molar-refractivity contribution in [3.05, 3.63) is 18.2 Å². The van der Waals surface area contributed by atoms with Crippen molar-refractivity contribution >= 4 is 11.9 Å². The summed E-state index contributed by atoms with van der Waals surface area (Å²) in [5.74, 6) is -1.08. The molecule has 1 unspecified atom stereocenters. The first-order chi connectivity index (χ1) is 10.5. The van der Waals surface area contributed by atoms with Crippen molar-refractivity contribution in [2.24, 2.45) is 5.73 Å². The van der Waals surface area contributed by atoms with Crippen LogP contribution in [0, 0.1) is 0 Å². The molecule has 0 aromatic carbocycles. The molecule has 0 aliphatic heterocycles. The lowest BCUT2D eigenvalue weighted by Crippen LogP contribution is -2.33. The van der Waals surface area contributed by atoms with Crippen molar-refractivity contribution in [2.75, 3.05) is 7.11 Å². The molecule has 0 radical (unpaired) electrons. The van der Waals surface area contributed by atoms with Gasteiger partial charge in [0.1, 0.15) is 6.04 Å². The number of nitrogens with zero attached hydrogens (tertiary/aromatic N) is 1. The Labute approximate surface area is 131 Å². The van der Waals surface area contributed by atoms with Crippen LogP contribution >= 0.6 is 0 Å². The first-order valence-corrected chi connectivity index (χ1v) is 7.53. The molecule has 1 rings (SSSR count). The first kappa shape index (κ1) is 20.1. The van der Waals surface area contributed by atoms with Crippen LogP contribution in [-0.4, -0.2) is 40.2 Å². The fourth-order valence-electron chi connectivity index (χ4n) is 1.75. The van der Waals surface area contributed by atoms with Crippen LogP contribution in [0.4, 0.5) is 0 Å². The van der Waals surface area contributed by atoms with Crippen LogP contribution in [0.5, 0.6) is 0 Å². The normalized spacial score (nSPS) is 11.2. The van der Waals surface area contributed by atoms with Gasteiger partial charge in [-0.2, -0.15) is 0 Å². The molecular formula is C15H27N3O4. The third-order valence-corrected chi connectivity index (χ3v) is 2.99. The van der Waals surface area contributed by atoms with Crippen molar-refractivity contribution in [3.63, 3.8) is 0 Å². The number of aliphatic carboxylic acids is 1. The van der Waals surface area contributed by atoms with Gasteiger partial charge in [0.15, 0.2) is 0 Å². The minimum absolute atomic E-state index is 0.337. The summed E-state index contributed by atoms with van der Waals surface area (Å²) >= 11 is 0. The SMILES string of the molecule is CCCCCCCC(=O)O.COC(=O)C(N)Cc1cnc[nH]1. The zero-order valence-electron chi connectivity index (χ0n) is 13.4. The van der Waals surface area contributed by atoms with E-state index in [1.54, 1.807) is 12.5 Å². The van der Waals surface area contributed by atoms with Crippen LogP contribution in [0.1, 0.15) is 51.1 Å². The molecule has 126 valence electrons. The highest BCUT2D eigenvalue weighted by Gasteiger charge is 2.14. The zero-order chi connectivity index (χ0) is 16.8. The van der Waals surface area contributed by atoms with Crippen LogP contribution in [0.2, 0.25) is 0 Å². The van der Waals surface area contributed by atoms with Crippen molar-refractivity contribution in [2.45, 2.75) is 57.9 Å². The number of unbranched alkanes of at least 4 members (excludes halogenated alkanes) is 4. The molecule has 0 saturated carbocycles. The summed E-state index contributed by atoms with van der Waals surface area (Å²) < 4.78 is 4.46. The molecule has 4 N–H and O–H groups in total. The molecule has 22 heavy (non-hydrogen) atoms. The molecule has 0 aliphatic rings. The van der Waals surface area contributed by atoms with Gasteiger partial charge in [-0.1, -0.05) is 32.6 Å².